The Balaban J connectivity index is 1.54. The van der Waals surface area contributed by atoms with Crippen LogP contribution < -0.4 is 11.1 Å². The Bertz CT molecular complexity index is 959. The second-order valence-electron chi connectivity index (χ2n) is 7.14. The van der Waals surface area contributed by atoms with Gasteiger partial charge >= 0.3 is 0 Å². The van der Waals surface area contributed by atoms with Gasteiger partial charge < -0.3 is 11.1 Å². The maximum Gasteiger partial charge on any atom is 0.235 e. The lowest BCUT2D eigenvalue weighted by molar-refractivity contribution is -0.121. The van der Waals surface area contributed by atoms with E-state index in [0.29, 0.717) is 23.2 Å². The highest BCUT2D eigenvalue weighted by molar-refractivity contribution is 6.30. The fraction of sp³-hybridized carbons (Fsp3) is 0.286. The van der Waals surface area contributed by atoms with Gasteiger partial charge in [-0.25, -0.2) is 4.98 Å². The smallest absolute Gasteiger partial charge is 0.235 e. The number of hydrogen-bond acceptors (Lipinski definition) is 4. The molecule has 144 valence electrons. The van der Waals surface area contributed by atoms with Crippen molar-refractivity contribution in [3.8, 4) is 11.4 Å². The summed E-state index contributed by atoms with van der Waals surface area (Å²) in [6.07, 6.45) is 3.78. The zero-order valence-electron chi connectivity index (χ0n) is 15.4. The van der Waals surface area contributed by atoms with E-state index in [9.17, 15) is 4.79 Å². The zero-order chi connectivity index (χ0) is 19.6. The number of carbonyl (C=O) groups excluding carboxylic acids is 1. The van der Waals surface area contributed by atoms with E-state index in [1.165, 1.54) is 0 Å². The molecule has 1 saturated carbocycles. The second kappa shape index (κ2) is 7.73. The fourth-order valence-corrected chi connectivity index (χ4v) is 3.99. The average molecular weight is 396 g/mol. The molecule has 1 amide bonds. The van der Waals surface area contributed by atoms with Gasteiger partial charge in [0.2, 0.25) is 5.91 Å². The van der Waals surface area contributed by atoms with E-state index in [-0.39, 0.29) is 5.91 Å². The Labute approximate surface area is 168 Å². The molecule has 0 atom stereocenters. The topological polar surface area (TPSA) is 96.7 Å². The minimum Gasteiger partial charge on any atom is -0.325 e. The third-order valence-electron chi connectivity index (χ3n) is 5.41. The van der Waals surface area contributed by atoms with Gasteiger partial charge in [-0.1, -0.05) is 36.6 Å². The average Bonchev–Trinajstić information content (AvgIpc) is 3.39. The number of anilines is 1. The molecule has 1 aliphatic carbocycles. The van der Waals surface area contributed by atoms with Crippen molar-refractivity contribution in [3.05, 3.63) is 64.9 Å². The van der Waals surface area contributed by atoms with Crippen molar-refractivity contribution in [2.75, 3.05) is 5.32 Å². The monoisotopic (exact) mass is 395 g/mol. The molecule has 6 nitrogen and oxygen atoms in total. The van der Waals surface area contributed by atoms with Gasteiger partial charge in [0.25, 0.3) is 0 Å². The molecular formula is C21H22ClN5O. The van der Waals surface area contributed by atoms with Gasteiger partial charge in [0, 0.05) is 16.3 Å². The van der Waals surface area contributed by atoms with Crippen molar-refractivity contribution in [2.45, 2.75) is 37.6 Å². The highest BCUT2D eigenvalue weighted by atomic mass is 35.5. The fourth-order valence-electron chi connectivity index (χ4n) is 3.86. The van der Waals surface area contributed by atoms with Crippen molar-refractivity contribution in [3.63, 3.8) is 0 Å². The molecule has 4 N–H and O–H groups in total. The highest BCUT2D eigenvalue weighted by Crippen LogP contribution is 2.42. The number of carbonyl (C=O) groups is 1. The van der Waals surface area contributed by atoms with Crippen LogP contribution in [-0.4, -0.2) is 21.1 Å². The third kappa shape index (κ3) is 3.53. The van der Waals surface area contributed by atoms with Crippen molar-refractivity contribution in [1.82, 2.24) is 15.2 Å². The van der Waals surface area contributed by atoms with E-state index in [2.05, 4.69) is 20.5 Å². The number of nitrogens with two attached hydrogens (primary N) is 1. The lowest BCUT2D eigenvalue weighted by atomic mass is 9.78. The molecule has 1 aliphatic rings. The van der Waals surface area contributed by atoms with Crippen LogP contribution in [-0.2, 0) is 16.8 Å². The summed E-state index contributed by atoms with van der Waals surface area (Å²) in [5, 5.41) is 10.7. The lowest BCUT2D eigenvalue weighted by Gasteiger charge is -2.28. The van der Waals surface area contributed by atoms with E-state index < -0.39 is 5.41 Å². The first-order valence-electron chi connectivity index (χ1n) is 9.40. The van der Waals surface area contributed by atoms with Gasteiger partial charge in [0.05, 0.1) is 12.0 Å². The number of nitrogens with zero attached hydrogens (tertiary/aromatic N) is 2. The number of rotatable bonds is 5. The first-order chi connectivity index (χ1) is 13.6. The van der Waals surface area contributed by atoms with E-state index >= 15 is 0 Å². The molecule has 0 spiro atoms. The zero-order valence-corrected chi connectivity index (χ0v) is 16.2. The molecule has 3 aromatic rings. The minimum atomic E-state index is -0.497. The van der Waals surface area contributed by atoms with Crippen LogP contribution in [0.25, 0.3) is 11.4 Å². The predicted octanol–water partition coefficient (Wildman–Crippen LogP) is 4.03. The first-order valence-corrected chi connectivity index (χ1v) is 9.78. The van der Waals surface area contributed by atoms with Crippen LogP contribution in [0.2, 0.25) is 5.02 Å². The van der Waals surface area contributed by atoms with E-state index in [4.69, 9.17) is 17.3 Å². The first kappa shape index (κ1) is 18.7. The molecule has 0 aliphatic heterocycles. The van der Waals surface area contributed by atoms with Gasteiger partial charge in [-0.15, -0.1) is 0 Å². The molecule has 7 heteroatoms. The van der Waals surface area contributed by atoms with E-state index in [0.717, 1.165) is 42.5 Å². The summed E-state index contributed by atoms with van der Waals surface area (Å²) in [6, 6.07) is 15.2. The van der Waals surface area contributed by atoms with Crippen LogP contribution in [0, 0.1) is 0 Å². The van der Waals surface area contributed by atoms with Crippen LogP contribution in [0.1, 0.15) is 37.1 Å². The number of benzene rings is 2. The number of halogens is 1. The van der Waals surface area contributed by atoms with Crippen molar-refractivity contribution >= 4 is 23.2 Å². The van der Waals surface area contributed by atoms with Crippen LogP contribution in [0.5, 0.6) is 0 Å². The van der Waals surface area contributed by atoms with Crippen LogP contribution in [0.4, 0.5) is 5.69 Å². The van der Waals surface area contributed by atoms with Gasteiger partial charge in [-0.2, -0.15) is 5.10 Å². The predicted molar refractivity (Wildman–Crippen MR) is 110 cm³/mol. The molecule has 0 saturated heterocycles. The molecule has 1 fully saturated rings. The molecule has 1 aromatic heterocycles. The Morgan fingerprint density at radius 3 is 2.39 bits per heavy atom. The molecule has 0 bridgehead atoms. The normalized spacial score (nSPS) is 15.5. The quantitative estimate of drug-likeness (QED) is 0.607. The van der Waals surface area contributed by atoms with Crippen LogP contribution in [0.15, 0.2) is 48.5 Å². The van der Waals surface area contributed by atoms with E-state index in [1.807, 2.05) is 48.5 Å². The molecular weight excluding hydrogens is 374 g/mol. The number of aromatic amines is 1. The lowest BCUT2D eigenvalue weighted by Crippen LogP contribution is -2.37. The number of aromatic nitrogens is 3. The Morgan fingerprint density at radius 2 is 1.79 bits per heavy atom. The molecule has 28 heavy (non-hydrogen) atoms. The van der Waals surface area contributed by atoms with Gasteiger partial charge in [0.15, 0.2) is 5.82 Å². The highest BCUT2D eigenvalue weighted by Gasteiger charge is 2.42. The molecule has 0 unspecified atom stereocenters. The summed E-state index contributed by atoms with van der Waals surface area (Å²) in [4.78, 5) is 17.6. The second-order valence-corrected chi connectivity index (χ2v) is 7.57. The summed E-state index contributed by atoms with van der Waals surface area (Å²) in [6.45, 7) is 0.313. The third-order valence-corrected chi connectivity index (χ3v) is 5.67. The van der Waals surface area contributed by atoms with Crippen molar-refractivity contribution < 1.29 is 4.79 Å². The minimum absolute atomic E-state index is 0.0309. The molecule has 2 aromatic carbocycles. The van der Waals surface area contributed by atoms with Crippen molar-refractivity contribution in [1.29, 1.82) is 0 Å². The number of hydrogen-bond donors (Lipinski definition) is 3. The van der Waals surface area contributed by atoms with Crippen molar-refractivity contribution in [2.24, 2.45) is 5.73 Å². The van der Waals surface area contributed by atoms with E-state index in [1.54, 1.807) is 0 Å². The maximum atomic E-state index is 13.2. The number of nitrogens with one attached hydrogen (secondary N) is 2. The SMILES string of the molecule is NCc1nc(-c2ccc(NC(=O)C3(c4ccc(Cl)cc4)CCCC3)cc2)n[nH]1. The number of H-pyrrole nitrogens is 1. The summed E-state index contributed by atoms with van der Waals surface area (Å²) >= 11 is 6.03. The molecule has 4 rings (SSSR count). The van der Waals surface area contributed by atoms with Crippen LogP contribution in [0.3, 0.4) is 0 Å². The largest absolute Gasteiger partial charge is 0.325 e. The summed E-state index contributed by atoms with van der Waals surface area (Å²) in [7, 11) is 0. The van der Waals surface area contributed by atoms with Gasteiger partial charge in [-0.05, 0) is 54.8 Å². The summed E-state index contributed by atoms with van der Waals surface area (Å²) in [5.41, 5.74) is 7.71. The Kier molecular flexibility index (Phi) is 5.15. The molecule has 1 heterocycles. The Hall–Kier alpha value is -2.70. The van der Waals surface area contributed by atoms with Gasteiger partial charge in [0.1, 0.15) is 5.82 Å². The summed E-state index contributed by atoms with van der Waals surface area (Å²) in [5.74, 6) is 1.26. The maximum absolute atomic E-state index is 13.2. The Morgan fingerprint density at radius 1 is 1.11 bits per heavy atom. The standard InChI is InChI=1S/C21H22ClN5O/c22-16-7-5-15(6-8-16)21(11-1-2-12-21)20(28)24-17-9-3-14(4-10-17)19-25-18(13-23)26-27-19/h3-10H,1-2,11-13,23H2,(H,24,28)(H,25,26,27). The number of amides is 1. The van der Waals surface area contributed by atoms with Crippen LogP contribution >= 0.6 is 11.6 Å². The summed E-state index contributed by atoms with van der Waals surface area (Å²) < 4.78 is 0. The molecule has 0 radical (unpaired) electrons. The van der Waals surface area contributed by atoms with Gasteiger partial charge in [-0.3, -0.25) is 9.89 Å².